The van der Waals surface area contributed by atoms with E-state index in [2.05, 4.69) is 21.9 Å². The SMILES string of the molecule is NC1CC=CC2CN(c3nc4c(cc3F)c(=O)c(OC(=O)O)cn4C3CC3)CC12. The van der Waals surface area contributed by atoms with Crippen LogP contribution < -0.4 is 20.8 Å². The first-order valence-corrected chi connectivity index (χ1v) is 9.75. The molecule has 152 valence electrons. The maximum atomic E-state index is 15.0. The molecule has 2 aliphatic carbocycles. The van der Waals surface area contributed by atoms with Gasteiger partial charge in [0.1, 0.15) is 5.65 Å². The number of rotatable bonds is 3. The number of carbonyl (C=O) groups is 1. The summed E-state index contributed by atoms with van der Waals surface area (Å²) in [5.74, 6) is -0.246. The van der Waals surface area contributed by atoms with Crippen LogP contribution in [0.5, 0.6) is 5.75 Å². The van der Waals surface area contributed by atoms with Crippen molar-refractivity contribution in [2.45, 2.75) is 31.3 Å². The molecule has 2 aromatic heterocycles. The molecule has 2 fully saturated rings. The molecule has 9 heteroatoms. The Balaban J connectivity index is 1.61. The van der Waals surface area contributed by atoms with Crippen molar-refractivity contribution in [1.82, 2.24) is 9.55 Å². The van der Waals surface area contributed by atoms with Gasteiger partial charge in [0.25, 0.3) is 0 Å². The van der Waals surface area contributed by atoms with E-state index in [1.165, 1.54) is 6.20 Å². The molecule has 3 aliphatic rings. The molecule has 3 N–H and O–H groups in total. The Morgan fingerprint density at radius 3 is 2.83 bits per heavy atom. The largest absolute Gasteiger partial charge is 0.511 e. The molecule has 0 spiro atoms. The van der Waals surface area contributed by atoms with Crippen LogP contribution in [0.4, 0.5) is 15.0 Å². The third-order valence-corrected chi connectivity index (χ3v) is 6.10. The standard InChI is InChI=1S/C20H21FN4O4/c21-14-6-12-17(26)16(29-20(27)28)9-25(11-4-5-11)18(12)23-19(14)24-7-10-2-1-3-15(22)13(10)8-24/h1-2,6,9-11,13,15H,3-5,7-8,22H2,(H,27,28). The van der Waals surface area contributed by atoms with E-state index in [-0.39, 0.29) is 40.9 Å². The lowest BCUT2D eigenvalue weighted by Gasteiger charge is -2.25. The second-order valence-corrected chi connectivity index (χ2v) is 8.05. The number of halogens is 1. The lowest BCUT2D eigenvalue weighted by atomic mass is 9.83. The number of ether oxygens (including phenoxy) is 1. The zero-order chi connectivity index (χ0) is 20.3. The van der Waals surface area contributed by atoms with Gasteiger partial charge in [-0.3, -0.25) is 4.79 Å². The normalized spacial score (nSPS) is 26.0. The molecule has 1 saturated carbocycles. The molecule has 2 aromatic rings. The summed E-state index contributed by atoms with van der Waals surface area (Å²) in [5, 5.41) is 8.91. The van der Waals surface area contributed by atoms with Gasteiger partial charge in [0, 0.05) is 31.1 Å². The monoisotopic (exact) mass is 400 g/mol. The molecular formula is C20H21FN4O4. The van der Waals surface area contributed by atoms with Crippen molar-refractivity contribution in [3.05, 3.63) is 40.5 Å². The highest BCUT2D eigenvalue weighted by Gasteiger charge is 2.38. The van der Waals surface area contributed by atoms with Gasteiger partial charge in [0.15, 0.2) is 17.4 Å². The number of fused-ring (bicyclic) bond motifs is 2. The van der Waals surface area contributed by atoms with Crippen LogP contribution in [0.2, 0.25) is 0 Å². The predicted octanol–water partition coefficient (Wildman–Crippen LogP) is 2.27. The second kappa shape index (κ2) is 6.55. The van der Waals surface area contributed by atoms with E-state index >= 15 is 4.39 Å². The fourth-order valence-corrected chi connectivity index (χ4v) is 4.50. The van der Waals surface area contributed by atoms with E-state index in [4.69, 9.17) is 10.8 Å². The van der Waals surface area contributed by atoms with Gasteiger partial charge in [-0.1, -0.05) is 12.2 Å². The molecule has 0 aromatic carbocycles. The minimum atomic E-state index is -1.59. The summed E-state index contributed by atoms with van der Waals surface area (Å²) in [6, 6.07) is 1.28. The van der Waals surface area contributed by atoms with Crippen molar-refractivity contribution < 1.29 is 19.0 Å². The molecule has 3 heterocycles. The summed E-state index contributed by atoms with van der Waals surface area (Å²) in [6.07, 6.45) is 6.58. The number of nitrogens with zero attached hydrogens (tertiary/aromatic N) is 3. The number of nitrogens with two attached hydrogens (primary N) is 1. The van der Waals surface area contributed by atoms with Crippen LogP contribution in [-0.2, 0) is 0 Å². The van der Waals surface area contributed by atoms with Crippen molar-refractivity contribution in [3.8, 4) is 5.75 Å². The van der Waals surface area contributed by atoms with Crippen molar-refractivity contribution in [2.24, 2.45) is 17.6 Å². The Morgan fingerprint density at radius 1 is 1.34 bits per heavy atom. The number of pyridine rings is 2. The molecular weight excluding hydrogens is 379 g/mol. The average Bonchev–Trinajstić information content (AvgIpc) is 3.42. The fraction of sp³-hybridized carbons (Fsp3) is 0.450. The number of aromatic nitrogens is 2. The summed E-state index contributed by atoms with van der Waals surface area (Å²) in [5.41, 5.74) is 5.90. The summed E-state index contributed by atoms with van der Waals surface area (Å²) in [4.78, 5) is 30.0. The van der Waals surface area contributed by atoms with Crippen LogP contribution in [0.1, 0.15) is 25.3 Å². The zero-order valence-corrected chi connectivity index (χ0v) is 15.6. The van der Waals surface area contributed by atoms with Gasteiger partial charge in [-0.15, -0.1) is 0 Å². The van der Waals surface area contributed by atoms with Crippen LogP contribution in [0.25, 0.3) is 11.0 Å². The molecule has 29 heavy (non-hydrogen) atoms. The van der Waals surface area contributed by atoms with Gasteiger partial charge in [-0.05, 0) is 31.2 Å². The zero-order valence-electron chi connectivity index (χ0n) is 15.6. The van der Waals surface area contributed by atoms with Crippen LogP contribution in [0.3, 0.4) is 0 Å². The Hall–Kier alpha value is -2.94. The summed E-state index contributed by atoms with van der Waals surface area (Å²) < 4.78 is 21.4. The molecule has 3 unspecified atom stereocenters. The number of carboxylic acid groups (broad SMARTS) is 1. The van der Waals surface area contributed by atoms with Gasteiger partial charge in [-0.25, -0.2) is 14.2 Å². The van der Waals surface area contributed by atoms with Gasteiger partial charge >= 0.3 is 6.16 Å². The molecule has 0 amide bonds. The highest BCUT2D eigenvalue weighted by molar-refractivity contribution is 5.80. The van der Waals surface area contributed by atoms with Crippen molar-refractivity contribution in [1.29, 1.82) is 0 Å². The first kappa shape index (κ1) is 18.1. The van der Waals surface area contributed by atoms with E-state index in [9.17, 15) is 9.59 Å². The maximum Gasteiger partial charge on any atom is 0.511 e. The van der Waals surface area contributed by atoms with Gasteiger partial charge < -0.3 is 25.0 Å². The van der Waals surface area contributed by atoms with Gasteiger partial charge in [0.05, 0.1) is 11.6 Å². The molecule has 1 aliphatic heterocycles. The smallest absolute Gasteiger partial charge is 0.449 e. The molecule has 8 nitrogen and oxygen atoms in total. The third-order valence-electron chi connectivity index (χ3n) is 6.10. The van der Waals surface area contributed by atoms with E-state index in [1.54, 1.807) is 4.57 Å². The molecule has 0 radical (unpaired) electrons. The number of hydrogen-bond acceptors (Lipinski definition) is 6. The first-order valence-electron chi connectivity index (χ1n) is 9.75. The third kappa shape index (κ3) is 3.05. The molecule has 3 atom stereocenters. The topological polar surface area (TPSA) is 111 Å². The van der Waals surface area contributed by atoms with Crippen LogP contribution in [0, 0.1) is 17.7 Å². The van der Waals surface area contributed by atoms with E-state index in [0.29, 0.717) is 18.7 Å². The highest BCUT2D eigenvalue weighted by Crippen LogP contribution is 2.39. The maximum absolute atomic E-state index is 15.0. The minimum Gasteiger partial charge on any atom is -0.449 e. The van der Waals surface area contributed by atoms with Gasteiger partial charge in [0.2, 0.25) is 5.43 Å². The van der Waals surface area contributed by atoms with Crippen molar-refractivity contribution in [3.63, 3.8) is 0 Å². The van der Waals surface area contributed by atoms with Crippen LogP contribution in [-0.4, -0.2) is 39.9 Å². The van der Waals surface area contributed by atoms with E-state index < -0.39 is 17.4 Å². The molecule has 1 saturated heterocycles. The Labute approximate surface area is 165 Å². The quantitative estimate of drug-likeness (QED) is 0.601. The van der Waals surface area contributed by atoms with Crippen LogP contribution in [0.15, 0.2) is 29.2 Å². The molecule has 5 rings (SSSR count). The fourth-order valence-electron chi connectivity index (χ4n) is 4.50. The van der Waals surface area contributed by atoms with Gasteiger partial charge in [-0.2, -0.15) is 0 Å². The van der Waals surface area contributed by atoms with E-state index in [0.717, 1.165) is 25.3 Å². The first-order chi connectivity index (χ1) is 13.9. The summed E-state index contributed by atoms with van der Waals surface area (Å²) in [7, 11) is 0. The highest BCUT2D eigenvalue weighted by atomic mass is 19.1. The summed E-state index contributed by atoms with van der Waals surface area (Å²) in [6.45, 7) is 1.23. The second-order valence-electron chi connectivity index (χ2n) is 8.05. The summed E-state index contributed by atoms with van der Waals surface area (Å²) >= 11 is 0. The molecule has 0 bridgehead atoms. The number of hydrogen-bond donors (Lipinski definition) is 2. The Bertz CT molecular complexity index is 1090. The van der Waals surface area contributed by atoms with Crippen molar-refractivity contribution in [2.75, 3.05) is 18.0 Å². The number of anilines is 1. The van der Waals surface area contributed by atoms with Crippen LogP contribution >= 0.6 is 0 Å². The minimum absolute atomic E-state index is 0.0186. The van der Waals surface area contributed by atoms with E-state index in [1.807, 2.05) is 4.90 Å². The average molecular weight is 400 g/mol. The lowest BCUT2D eigenvalue weighted by Crippen LogP contribution is -2.36. The van der Waals surface area contributed by atoms with Crippen molar-refractivity contribution >= 4 is 23.0 Å². The Morgan fingerprint density at radius 2 is 2.14 bits per heavy atom. The lowest BCUT2D eigenvalue weighted by molar-refractivity contribution is 0.143. The Kier molecular flexibility index (Phi) is 4.09. The predicted molar refractivity (Wildman–Crippen MR) is 104 cm³/mol.